The van der Waals surface area contributed by atoms with Gasteiger partial charge in [0.05, 0.1) is 24.0 Å². The monoisotopic (exact) mass is 437 g/mol. The maximum absolute atomic E-state index is 12.9. The van der Waals surface area contributed by atoms with Gasteiger partial charge in [0.2, 0.25) is 10.0 Å². The van der Waals surface area contributed by atoms with Gasteiger partial charge in [-0.3, -0.25) is 0 Å². The number of piperidine rings is 1. The number of benzene rings is 1. The lowest BCUT2D eigenvalue weighted by Crippen LogP contribution is -2.44. The third-order valence-electron chi connectivity index (χ3n) is 3.90. The van der Waals surface area contributed by atoms with Crippen molar-refractivity contribution in [2.24, 2.45) is 0 Å². The van der Waals surface area contributed by atoms with E-state index < -0.39 is 33.1 Å². The molecular formula is C16H15ClF3N3O4S. The minimum atomic E-state index is -5.01. The van der Waals surface area contributed by atoms with E-state index in [1.807, 2.05) is 0 Å². The van der Waals surface area contributed by atoms with Gasteiger partial charge < -0.3 is 9.47 Å². The van der Waals surface area contributed by atoms with Crippen LogP contribution in [0.1, 0.15) is 12.8 Å². The predicted molar refractivity (Wildman–Crippen MR) is 92.6 cm³/mol. The molecule has 1 fully saturated rings. The lowest BCUT2D eigenvalue weighted by molar-refractivity contribution is -0.275. The van der Waals surface area contributed by atoms with E-state index in [0.29, 0.717) is 17.9 Å². The molecule has 2 aromatic rings. The van der Waals surface area contributed by atoms with Gasteiger partial charge in [-0.05, 0) is 25.0 Å². The number of halogens is 4. The molecule has 7 nitrogen and oxygen atoms in total. The largest absolute Gasteiger partial charge is 0.573 e. The number of ether oxygens (including phenoxy) is 2. The van der Waals surface area contributed by atoms with Crippen LogP contribution in [-0.4, -0.2) is 48.2 Å². The Morgan fingerprint density at radius 3 is 2.54 bits per heavy atom. The van der Waals surface area contributed by atoms with Crippen LogP contribution in [0.15, 0.2) is 41.6 Å². The van der Waals surface area contributed by atoms with E-state index in [9.17, 15) is 21.6 Å². The number of hydrogen-bond acceptors (Lipinski definition) is 6. The van der Waals surface area contributed by atoms with Gasteiger partial charge >= 0.3 is 12.4 Å². The van der Waals surface area contributed by atoms with Crippen molar-refractivity contribution in [1.29, 1.82) is 0 Å². The van der Waals surface area contributed by atoms with Gasteiger partial charge in [-0.2, -0.15) is 4.31 Å². The quantitative estimate of drug-likeness (QED) is 0.714. The van der Waals surface area contributed by atoms with Crippen molar-refractivity contribution in [2.75, 3.05) is 13.1 Å². The van der Waals surface area contributed by atoms with Crippen molar-refractivity contribution in [3.05, 3.63) is 41.7 Å². The Morgan fingerprint density at radius 2 is 1.86 bits per heavy atom. The first-order chi connectivity index (χ1) is 13.1. The summed E-state index contributed by atoms with van der Waals surface area (Å²) >= 11 is 5.71. The molecule has 1 aromatic carbocycles. The van der Waals surface area contributed by atoms with Crippen molar-refractivity contribution >= 4 is 21.6 Å². The van der Waals surface area contributed by atoms with E-state index in [1.165, 1.54) is 24.5 Å². The number of aromatic nitrogens is 2. The summed E-state index contributed by atoms with van der Waals surface area (Å²) in [6.07, 6.45) is -1.89. The normalized spacial score (nSPS) is 18.6. The van der Waals surface area contributed by atoms with E-state index >= 15 is 0 Å². The fraction of sp³-hybridized carbons (Fsp3) is 0.375. The zero-order valence-electron chi connectivity index (χ0n) is 14.3. The molecule has 152 valence electrons. The summed E-state index contributed by atoms with van der Waals surface area (Å²) < 4.78 is 74.2. The van der Waals surface area contributed by atoms with Gasteiger partial charge in [0.1, 0.15) is 16.7 Å². The van der Waals surface area contributed by atoms with Crippen LogP contribution in [0.3, 0.4) is 0 Å². The van der Waals surface area contributed by atoms with E-state index in [-0.39, 0.29) is 19.1 Å². The van der Waals surface area contributed by atoms with E-state index in [2.05, 4.69) is 14.7 Å². The number of para-hydroxylation sites is 1. The average molecular weight is 438 g/mol. The highest BCUT2D eigenvalue weighted by atomic mass is 35.5. The second kappa shape index (κ2) is 8.10. The Labute approximate surface area is 164 Å². The highest BCUT2D eigenvalue weighted by Crippen LogP contribution is 2.32. The van der Waals surface area contributed by atoms with Crippen molar-refractivity contribution in [3.8, 4) is 11.8 Å². The topological polar surface area (TPSA) is 81.6 Å². The summed E-state index contributed by atoms with van der Waals surface area (Å²) in [5, 5.41) is 0.321. The zero-order valence-corrected chi connectivity index (χ0v) is 15.8. The van der Waals surface area contributed by atoms with Gasteiger partial charge in [-0.15, -0.1) is 13.2 Å². The standard InChI is InChI=1S/C16H15ClF3N3O4S/c17-11-8-21-15(22-9-11)26-12-4-3-7-23(10-12)28(24,25)14-6-2-1-5-13(14)27-16(18,19)20/h1-2,5-6,8-9,12H,3-4,7,10H2. The Balaban J connectivity index is 1.79. The summed E-state index contributed by atoms with van der Waals surface area (Å²) in [6.45, 7) is 0.0820. The summed E-state index contributed by atoms with van der Waals surface area (Å²) in [4.78, 5) is 7.23. The third kappa shape index (κ3) is 5.03. The Bertz CT molecular complexity index is 925. The molecule has 2 heterocycles. The molecule has 3 rings (SSSR count). The number of sulfonamides is 1. The van der Waals surface area contributed by atoms with E-state index in [4.69, 9.17) is 16.3 Å². The van der Waals surface area contributed by atoms with Crippen LogP contribution in [-0.2, 0) is 10.0 Å². The molecule has 0 aliphatic carbocycles. The number of rotatable bonds is 5. The molecule has 12 heteroatoms. The smallest absolute Gasteiger partial charge is 0.459 e. The average Bonchev–Trinajstić information content (AvgIpc) is 2.63. The molecule has 0 amide bonds. The van der Waals surface area contributed by atoms with Gasteiger partial charge in [-0.25, -0.2) is 18.4 Å². The second-order valence-corrected chi connectivity index (χ2v) is 8.27. The molecule has 0 saturated carbocycles. The highest BCUT2D eigenvalue weighted by Gasteiger charge is 2.37. The summed E-state index contributed by atoms with van der Waals surface area (Å²) in [5.41, 5.74) is 0. The van der Waals surface area contributed by atoms with Crippen LogP contribution in [0, 0.1) is 0 Å². The van der Waals surface area contributed by atoms with Crippen LogP contribution in [0.5, 0.6) is 11.8 Å². The molecule has 1 unspecified atom stereocenters. The Kier molecular flexibility index (Phi) is 5.96. The zero-order chi connectivity index (χ0) is 20.4. The molecule has 0 bridgehead atoms. The third-order valence-corrected chi connectivity index (χ3v) is 6.00. The van der Waals surface area contributed by atoms with E-state index in [1.54, 1.807) is 0 Å². The lowest BCUT2D eigenvalue weighted by atomic mass is 10.1. The van der Waals surface area contributed by atoms with Crippen LogP contribution in [0.2, 0.25) is 5.02 Å². The van der Waals surface area contributed by atoms with E-state index in [0.717, 1.165) is 16.4 Å². The fourth-order valence-corrected chi connectivity index (χ4v) is 4.46. The first-order valence-corrected chi connectivity index (χ1v) is 9.96. The molecule has 1 aliphatic rings. The minimum Gasteiger partial charge on any atom is -0.459 e. The van der Waals surface area contributed by atoms with Crippen molar-refractivity contribution in [3.63, 3.8) is 0 Å². The van der Waals surface area contributed by atoms with Gasteiger partial charge in [0.15, 0.2) is 0 Å². The molecule has 1 aliphatic heterocycles. The first kappa shape index (κ1) is 20.6. The Morgan fingerprint density at radius 1 is 1.18 bits per heavy atom. The van der Waals surface area contributed by atoms with Crippen molar-refractivity contribution in [1.82, 2.24) is 14.3 Å². The summed E-state index contributed by atoms with van der Waals surface area (Å²) in [5.74, 6) is -0.779. The number of alkyl halides is 3. The summed E-state index contributed by atoms with van der Waals surface area (Å²) in [7, 11) is -4.23. The summed E-state index contributed by atoms with van der Waals surface area (Å²) in [6, 6.07) is 4.66. The minimum absolute atomic E-state index is 0.0365. The van der Waals surface area contributed by atoms with Gasteiger partial charge in [0.25, 0.3) is 0 Å². The molecule has 28 heavy (non-hydrogen) atoms. The van der Waals surface area contributed by atoms with Crippen LogP contribution < -0.4 is 9.47 Å². The van der Waals surface area contributed by atoms with Crippen molar-refractivity contribution in [2.45, 2.75) is 30.2 Å². The van der Waals surface area contributed by atoms with Crippen LogP contribution >= 0.6 is 11.6 Å². The Hall–Kier alpha value is -2.11. The number of hydrogen-bond donors (Lipinski definition) is 0. The molecule has 0 N–H and O–H groups in total. The first-order valence-electron chi connectivity index (χ1n) is 8.14. The van der Waals surface area contributed by atoms with Crippen LogP contribution in [0.25, 0.3) is 0 Å². The number of nitrogens with zero attached hydrogens (tertiary/aromatic N) is 3. The second-order valence-electron chi connectivity index (χ2n) is 5.92. The maximum atomic E-state index is 12.9. The fourth-order valence-electron chi connectivity index (χ4n) is 2.74. The predicted octanol–water partition coefficient (Wildman–Crippen LogP) is 3.26. The lowest BCUT2D eigenvalue weighted by Gasteiger charge is -2.31. The molecule has 1 saturated heterocycles. The highest BCUT2D eigenvalue weighted by molar-refractivity contribution is 7.89. The van der Waals surface area contributed by atoms with Gasteiger partial charge in [0, 0.05) is 6.54 Å². The SMILES string of the molecule is O=S(=O)(c1ccccc1OC(F)(F)F)N1CCCC(Oc2ncc(Cl)cn2)C1. The molecular weight excluding hydrogens is 423 g/mol. The maximum Gasteiger partial charge on any atom is 0.573 e. The molecule has 1 atom stereocenters. The van der Waals surface area contributed by atoms with Gasteiger partial charge in [-0.1, -0.05) is 23.7 Å². The molecule has 0 spiro atoms. The van der Waals surface area contributed by atoms with Crippen LogP contribution in [0.4, 0.5) is 13.2 Å². The molecule has 1 aromatic heterocycles. The van der Waals surface area contributed by atoms with Crippen molar-refractivity contribution < 1.29 is 31.1 Å². The molecule has 0 radical (unpaired) electrons.